The van der Waals surface area contributed by atoms with Gasteiger partial charge >= 0.3 is 12.3 Å². The summed E-state index contributed by atoms with van der Waals surface area (Å²) in [5.41, 5.74) is 0.441. The molecule has 198 valence electrons. The van der Waals surface area contributed by atoms with Crippen molar-refractivity contribution in [1.29, 1.82) is 0 Å². The summed E-state index contributed by atoms with van der Waals surface area (Å²) < 4.78 is 82.4. The second-order valence-corrected chi connectivity index (χ2v) is 10.0. The van der Waals surface area contributed by atoms with Crippen molar-refractivity contribution in [2.45, 2.75) is 63.5 Å². The van der Waals surface area contributed by atoms with E-state index in [0.29, 0.717) is 29.9 Å². The average molecular weight is 513 g/mol. The zero-order valence-electron chi connectivity index (χ0n) is 20.2. The second kappa shape index (κ2) is 11.5. The molecule has 2 aliphatic carbocycles. The molecule has 3 nitrogen and oxygen atoms in total. The largest absolute Gasteiger partial charge is 0.451 e. The summed E-state index contributed by atoms with van der Waals surface area (Å²) in [6.45, 7) is 4.01. The van der Waals surface area contributed by atoms with Gasteiger partial charge in [0, 0.05) is 5.92 Å². The van der Waals surface area contributed by atoms with Gasteiger partial charge in [-0.05, 0) is 87.0 Å². The number of hydrogen-bond acceptors (Lipinski definition) is 3. The number of halogens is 5. The van der Waals surface area contributed by atoms with Crippen molar-refractivity contribution in [2.24, 2.45) is 23.7 Å². The Bertz CT molecular complexity index is 921. The van der Waals surface area contributed by atoms with Crippen molar-refractivity contribution in [3.05, 3.63) is 66.3 Å². The van der Waals surface area contributed by atoms with E-state index >= 15 is 0 Å². The van der Waals surface area contributed by atoms with Crippen LogP contribution in [0.5, 0.6) is 5.75 Å². The van der Waals surface area contributed by atoms with E-state index in [-0.39, 0.29) is 24.9 Å². The van der Waals surface area contributed by atoms with Crippen molar-refractivity contribution in [3.63, 3.8) is 0 Å². The van der Waals surface area contributed by atoms with Crippen molar-refractivity contribution >= 4 is 0 Å². The lowest BCUT2D eigenvalue weighted by Crippen LogP contribution is -2.49. The van der Waals surface area contributed by atoms with Gasteiger partial charge in [0.2, 0.25) is 0 Å². The van der Waals surface area contributed by atoms with E-state index in [1.54, 1.807) is 6.08 Å². The molecule has 0 N–H and O–H groups in total. The zero-order chi connectivity index (χ0) is 25.8. The van der Waals surface area contributed by atoms with Gasteiger partial charge in [-0.2, -0.15) is 22.0 Å². The van der Waals surface area contributed by atoms with Crippen LogP contribution in [0, 0.1) is 23.7 Å². The van der Waals surface area contributed by atoms with Crippen LogP contribution in [-0.4, -0.2) is 25.6 Å². The predicted molar refractivity (Wildman–Crippen MR) is 126 cm³/mol. The first-order valence-electron chi connectivity index (χ1n) is 12.6. The van der Waals surface area contributed by atoms with Crippen LogP contribution in [0.4, 0.5) is 22.0 Å². The van der Waals surface area contributed by atoms with Gasteiger partial charge in [-0.1, -0.05) is 36.5 Å². The van der Waals surface area contributed by atoms with Crippen LogP contribution < -0.4 is 4.74 Å². The smallest absolute Gasteiger partial charge is 0.429 e. The number of hydrogen-bond donors (Lipinski definition) is 0. The molecular weight excluding hydrogens is 479 g/mol. The standard InChI is InChI=1S/C28H33F5O3/c1-2-3-4-19-5-7-20(8-6-19)21-9-11-22(12-10-21)23-17-34-26(35-18-23)28(32,33)36-25-15-13-24(14-16-25)27(29,30)31/h2-5,13-16,20-23,26H,1,6-12,17-18H2/b4-3+. The van der Waals surface area contributed by atoms with Gasteiger partial charge in [0.05, 0.1) is 18.8 Å². The van der Waals surface area contributed by atoms with E-state index in [1.807, 2.05) is 6.08 Å². The Morgan fingerprint density at radius 1 is 0.833 bits per heavy atom. The van der Waals surface area contributed by atoms with Gasteiger partial charge in [-0.15, -0.1) is 0 Å². The summed E-state index contributed by atoms with van der Waals surface area (Å²) in [6.07, 6.45) is 5.73. The Balaban J connectivity index is 1.21. The number of rotatable bonds is 7. The van der Waals surface area contributed by atoms with Crippen LogP contribution in [0.1, 0.15) is 50.5 Å². The fourth-order valence-electron chi connectivity index (χ4n) is 5.64. The van der Waals surface area contributed by atoms with Crippen molar-refractivity contribution in [1.82, 2.24) is 0 Å². The summed E-state index contributed by atoms with van der Waals surface area (Å²) in [6, 6.07) is 3.12. The molecule has 4 rings (SSSR count). The Hall–Kier alpha value is -2.19. The maximum atomic E-state index is 14.5. The quantitative estimate of drug-likeness (QED) is 0.274. The first kappa shape index (κ1) is 26.9. The minimum Gasteiger partial charge on any atom is -0.429 e. The van der Waals surface area contributed by atoms with Gasteiger partial charge in [-0.25, -0.2) is 0 Å². The predicted octanol–water partition coefficient (Wildman–Crippen LogP) is 7.94. The van der Waals surface area contributed by atoms with E-state index in [2.05, 4.69) is 23.5 Å². The van der Waals surface area contributed by atoms with Crippen LogP contribution in [0.3, 0.4) is 0 Å². The molecule has 1 saturated carbocycles. The van der Waals surface area contributed by atoms with Crippen LogP contribution >= 0.6 is 0 Å². The molecule has 1 unspecified atom stereocenters. The molecule has 1 aromatic carbocycles. The minimum absolute atomic E-state index is 0.0472. The Kier molecular flexibility index (Phi) is 8.56. The average Bonchev–Trinajstić information content (AvgIpc) is 2.87. The third-order valence-electron chi connectivity index (χ3n) is 7.72. The summed E-state index contributed by atoms with van der Waals surface area (Å²) in [7, 11) is 0. The molecule has 1 atom stereocenters. The molecule has 0 bridgehead atoms. The Morgan fingerprint density at radius 3 is 1.97 bits per heavy atom. The van der Waals surface area contributed by atoms with E-state index < -0.39 is 24.1 Å². The molecule has 1 heterocycles. The second-order valence-electron chi connectivity index (χ2n) is 10.0. The highest BCUT2D eigenvalue weighted by molar-refractivity contribution is 5.29. The van der Waals surface area contributed by atoms with Gasteiger partial charge in [-0.3, -0.25) is 0 Å². The third kappa shape index (κ3) is 6.76. The lowest BCUT2D eigenvalue weighted by Gasteiger charge is -2.40. The van der Waals surface area contributed by atoms with Crippen LogP contribution in [-0.2, 0) is 15.7 Å². The highest BCUT2D eigenvalue weighted by Crippen LogP contribution is 2.43. The monoisotopic (exact) mass is 512 g/mol. The highest BCUT2D eigenvalue weighted by atomic mass is 19.4. The molecular formula is C28H33F5O3. The highest BCUT2D eigenvalue weighted by Gasteiger charge is 2.48. The number of benzene rings is 1. The summed E-state index contributed by atoms with van der Waals surface area (Å²) >= 11 is 0. The van der Waals surface area contributed by atoms with Gasteiger partial charge < -0.3 is 14.2 Å². The Labute approximate surface area is 209 Å². The van der Waals surface area contributed by atoms with E-state index in [0.717, 1.165) is 50.7 Å². The molecule has 2 fully saturated rings. The molecule has 0 spiro atoms. The molecule has 1 aromatic rings. The minimum atomic E-state index is -4.55. The maximum Gasteiger partial charge on any atom is 0.451 e. The summed E-state index contributed by atoms with van der Waals surface area (Å²) in [5.74, 6) is 1.43. The van der Waals surface area contributed by atoms with E-state index in [9.17, 15) is 22.0 Å². The van der Waals surface area contributed by atoms with Crippen LogP contribution in [0.25, 0.3) is 0 Å². The van der Waals surface area contributed by atoms with Gasteiger partial charge in [0.1, 0.15) is 5.75 Å². The molecule has 0 amide bonds. The van der Waals surface area contributed by atoms with Gasteiger partial charge in [0.25, 0.3) is 6.29 Å². The van der Waals surface area contributed by atoms with Gasteiger partial charge in [0.15, 0.2) is 0 Å². The summed E-state index contributed by atoms with van der Waals surface area (Å²) in [4.78, 5) is 0. The van der Waals surface area contributed by atoms with Crippen molar-refractivity contribution in [3.8, 4) is 5.75 Å². The third-order valence-corrected chi connectivity index (χ3v) is 7.72. The SMILES string of the molecule is C=C/C=C/C1=CCC(C2CCC(C3COC(C(F)(F)Oc4ccc(C(F)(F)F)cc4)OC3)CC2)CC1. The number of alkyl halides is 5. The Morgan fingerprint density at radius 2 is 1.44 bits per heavy atom. The molecule has 8 heteroatoms. The van der Waals surface area contributed by atoms with E-state index in [4.69, 9.17) is 9.47 Å². The van der Waals surface area contributed by atoms with E-state index in [1.165, 1.54) is 12.0 Å². The van der Waals surface area contributed by atoms with Crippen molar-refractivity contribution < 1.29 is 36.2 Å². The first-order valence-corrected chi connectivity index (χ1v) is 12.6. The molecule has 36 heavy (non-hydrogen) atoms. The lowest BCUT2D eigenvalue weighted by molar-refractivity contribution is -0.354. The molecule has 0 radical (unpaired) electrons. The zero-order valence-corrected chi connectivity index (χ0v) is 20.2. The summed E-state index contributed by atoms with van der Waals surface area (Å²) in [5, 5.41) is 0. The first-order chi connectivity index (χ1) is 17.2. The van der Waals surface area contributed by atoms with Crippen molar-refractivity contribution in [2.75, 3.05) is 13.2 Å². The number of allylic oxidation sites excluding steroid dienone is 5. The molecule has 3 aliphatic rings. The fourth-order valence-corrected chi connectivity index (χ4v) is 5.64. The fraction of sp³-hybridized carbons (Fsp3) is 0.571. The van der Waals surface area contributed by atoms with Crippen LogP contribution in [0.15, 0.2) is 60.7 Å². The molecule has 1 aliphatic heterocycles. The topological polar surface area (TPSA) is 27.7 Å². The normalized spacial score (nSPS) is 30.1. The van der Waals surface area contributed by atoms with Crippen LogP contribution in [0.2, 0.25) is 0 Å². The lowest BCUT2D eigenvalue weighted by atomic mass is 9.69. The maximum absolute atomic E-state index is 14.5. The number of ether oxygens (including phenoxy) is 3. The molecule has 1 saturated heterocycles. The molecule has 0 aromatic heterocycles.